The van der Waals surface area contributed by atoms with E-state index in [1.54, 1.807) is 11.8 Å². The summed E-state index contributed by atoms with van der Waals surface area (Å²) in [6, 6.07) is 25.9. The lowest BCUT2D eigenvalue weighted by atomic mass is 9.85. The number of carbonyl (C=O) groups is 1. The summed E-state index contributed by atoms with van der Waals surface area (Å²) in [6.45, 7) is 2.69. The smallest absolute Gasteiger partial charge is 0.262 e. The van der Waals surface area contributed by atoms with Gasteiger partial charge in [-0.05, 0) is 60.7 Å². The second-order valence-corrected chi connectivity index (χ2v) is 11.0. The Bertz CT molecular complexity index is 1230. The van der Waals surface area contributed by atoms with Crippen molar-refractivity contribution in [3.63, 3.8) is 0 Å². The lowest BCUT2D eigenvalue weighted by molar-refractivity contribution is -0.129. The zero-order valence-corrected chi connectivity index (χ0v) is 22.0. The molecular weight excluding hydrogens is 488 g/mol. The van der Waals surface area contributed by atoms with E-state index in [2.05, 4.69) is 17.1 Å². The number of benzene rings is 3. The summed E-state index contributed by atoms with van der Waals surface area (Å²) in [5.41, 5.74) is 2.77. The Morgan fingerprint density at radius 1 is 1.03 bits per heavy atom. The van der Waals surface area contributed by atoms with E-state index in [1.807, 2.05) is 84.9 Å². The van der Waals surface area contributed by atoms with Crippen molar-refractivity contribution in [3.8, 4) is 5.75 Å². The van der Waals surface area contributed by atoms with Crippen LogP contribution in [-0.4, -0.2) is 22.3 Å². The molecule has 6 heteroatoms. The third-order valence-electron chi connectivity index (χ3n) is 6.91. The van der Waals surface area contributed by atoms with Crippen LogP contribution in [0.15, 0.2) is 83.8 Å². The van der Waals surface area contributed by atoms with Crippen LogP contribution in [0.1, 0.15) is 43.7 Å². The van der Waals surface area contributed by atoms with Gasteiger partial charge in [0.15, 0.2) is 5.50 Å². The van der Waals surface area contributed by atoms with Crippen molar-refractivity contribution in [1.29, 1.82) is 0 Å². The lowest BCUT2D eigenvalue weighted by Crippen LogP contribution is -2.48. The van der Waals surface area contributed by atoms with Crippen LogP contribution in [0.25, 0.3) is 6.08 Å². The van der Waals surface area contributed by atoms with Crippen LogP contribution < -0.4 is 10.1 Å². The summed E-state index contributed by atoms with van der Waals surface area (Å²) in [7, 11) is 0. The molecule has 36 heavy (non-hydrogen) atoms. The Morgan fingerprint density at radius 2 is 1.81 bits per heavy atom. The van der Waals surface area contributed by atoms with Crippen LogP contribution >= 0.6 is 23.4 Å². The molecule has 0 spiro atoms. The normalized spacial score (nSPS) is 23.2. The predicted molar refractivity (Wildman–Crippen MR) is 150 cm³/mol. The van der Waals surface area contributed by atoms with Gasteiger partial charge in [-0.3, -0.25) is 4.79 Å². The molecular formula is C30H31ClN2O2S. The molecule has 1 saturated heterocycles. The van der Waals surface area contributed by atoms with Crippen LogP contribution in [0, 0.1) is 5.92 Å². The molecule has 3 aromatic rings. The number of nitrogens with one attached hydrogen (secondary N) is 1. The Hall–Kier alpha value is -2.89. The summed E-state index contributed by atoms with van der Waals surface area (Å²) in [5.74, 6) is 1.32. The van der Waals surface area contributed by atoms with Crippen LogP contribution in [0.3, 0.4) is 0 Å². The maximum Gasteiger partial charge on any atom is 0.262 e. The Kier molecular flexibility index (Phi) is 7.88. The van der Waals surface area contributed by atoms with Crippen LogP contribution in [-0.2, 0) is 11.4 Å². The van der Waals surface area contributed by atoms with Crippen molar-refractivity contribution in [1.82, 2.24) is 4.90 Å². The van der Waals surface area contributed by atoms with Gasteiger partial charge in [0.25, 0.3) is 5.91 Å². The number of amides is 1. The maximum absolute atomic E-state index is 13.8. The number of hydrogen-bond donors (Lipinski definition) is 1. The first-order valence-corrected chi connectivity index (χ1v) is 13.8. The standard InChI is InChI=1S/C30H31ClN2O2S/c1-21-10-5-7-16-26(21)33-29(34)28(36-30(33)32-25-14-3-2-4-15-25)19-23-12-6-8-17-27(23)35-20-22-11-9-13-24(31)18-22/h2-4,6,8-9,11-15,17-19,21,26,30,32H,5,7,10,16,20H2,1H3/b28-19-/t21-,26-,30?/m0/s1. The first-order chi connectivity index (χ1) is 17.6. The highest BCUT2D eigenvalue weighted by atomic mass is 35.5. The van der Waals surface area contributed by atoms with Crippen molar-refractivity contribution in [2.45, 2.75) is 50.8 Å². The average molecular weight is 519 g/mol. The molecule has 0 aromatic heterocycles. The second-order valence-electron chi connectivity index (χ2n) is 9.49. The molecule has 1 saturated carbocycles. The number of rotatable bonds is 7. The summed E-state index contributed by atoms with van der Waals surface area (Å²) in [5, 5.41) is 4.29. The molecule has 1 unspecified atom stereocenters. The molecule has 1 N–H and O–H groups in total. The summed E-state index contributed by atoms with van der Waals surface area (Å²) in [4.78, 5) is 16.6. The number of thioether (sulfide) groups is 1. The first-order valence-electron chi connectivity index (χ1n) is 12.6. The highest BCUT2D eigenvalue weighted by Crippen LogP contribution is 2.42. The van der Waals surface area contributed by atoms with Crippen LogP contribution in [0.5, 0.6) is 5.75 Å². The molecule has 2 aliphatic rings. The maximum atomic E-state index is 13.8. The fourth-order valence-electron chi connectivity index (χ4n) is 5.03. The monoisotopic (exact) mass is 518 g/mol. The van der Waals surface area contributed by atoms with Crippen LogP contribution in [0.2, 0.25) is 5.02 Å². The van der Waals surface area contributed by atoms with Gasteiger partial charge in [0.05, 0.1) is 4.91 Å². The number of hydrogen-bond acceptors (Lipinski definition) is 4. The molecule has 5 rings (SSSR count). The zero-order valence-electron chi connectivity index (χ0n) is 20.4. The average Bonchev–Trinajstić information content (AvgIpc) is 3.18. The molecule has 3 atom stereocenters. The van der Waals surface area contributed by atoms with E-state index in [0.717, 1.165) is 40.3 Å². The summed E-state index contributed by atoms with van der Waals surface area (Å²) >= 11 is 7.72. The van der Waals surface area contributed by atoms with Gasteiger partial charge in [-0.2, -0.15) is 0 Å². The molecule has 1 heterocycles. The molecule has 186 valence electrons. The van der Waals surface area contributed by atoms with Gasteiger partial charge in [0.2, 0.25) is 0 Å². The zero-order chi connectivity index (χ0) is 24.9. The third kappa shape index (κ3) is 5.74. The molecule has 3 aromatic carbocycles. The highest BCUT2D eigenvalue weighted by molar-refractivity contribution is 8.05. The van der Waals surface area contributed by atoms with Gasteiger partial charge in [-0.15, -0.1) is 0 Å². The third-order valence-corrected chi connectivity index (χ3v) is 8.26. The van der Waals surface area contributed by atoms with Crippen molar-refractivity contribution >= 4 is 41.0 Å². The quantitative estimate of drug-likeness (QED) is 0.324. The molecule has 4 nitrogen and oxygen atoms in total. The predicted octanol–water partition coefficient (Wildman–Crippen LogP) is 7.81. The fourth-order valence-corrected chi connectivity index (χ4v) is 6.44. The summed E-state index contributed by atoms with van der Waals surface area (Å²) in [6.07, 6.45) is 6.60. The van der Waals surface area contributed by atoms with Gasteiger partial charge in [0, 0.05) is 22.3 Å². The van der Waals surface area contributed by atoms with Gasteiger partial charge in [0.1, 0.15) is 12.4 Å². The Balaban J connectivity index is 1.41. The van der Waals surface area contributed by atoms with E-state index in [9.17, 15) is 4.79 Å². The first kappa shape index (κ1) is 24.8. The molecule has 0 bridgehead atoms. The lowest BCUT2D eigenvalue weighted by Gasteiger charge is -2.39. The minimum absolute atomic E-state index is 0.0943. The van der Waals surface area contributed by atoms with Crippen molar-refractivity contribution in [2.75, 3.05) is 5.32 Å². The van der Waals surface area contributed by atoms with Gasteiger partial charge in [-0.25, -0.2) is 0 Å². The molecule has 1 aliphatic heterocycles. The van der Waals surface area contributed by atoms with E-state index < -0.39 is 0 Å². The van der Waals surface area contributed by atoms with E-state index in [4.69, 9.17) is 16.3 Å². The molecule has 1 aliphatic carbocycles. The number of ether oxygens (including phenoxy) is 1. The molecule has 1 amide bonds. The fraction of sp³-hybridized carbons (Fsp3) is 0.300. The number of carbonyl (C=O) groups excluding carboxylic acids is 1. The molecule has 2 fully saturated rings. The topological polar surface area (TPSA) is 41.6 Å². The van der Waals surface area contributed by atoms with Gasteiger partial charge < -0.3 is 15.0 Å². The van der Waals surface area contributed by atoms with E-state index in [1.165, 1.54) is 12.8 Å². The van der Waals surface area contributed by atoms with E-state index in [-0.39, 0.29) is 17.4 Å². The van der Waals surface area contributed by atoms with E-state index in [0.29, 0.717) is 17.5 Å². The highest BCUT2D eigenvalue weighted by Gasteiger charge is 2.43. The van der Waals surface area contributed by atoms with Crippen molar-refractivity contribution < 1.29 is 9.53 Å². The molecule has 0 radical (unpaired) electrons. The van der Waals surface area contributed by atoms with Gasteiger partial charge in [-0.1, -0.05) is 91.7 Å². The minimum Gasteiger partial charge on any atom is -0.488 e. The Morgan fingerprint density at radius 3 is 2.61 bits per heavy atom. The number of para-hydroxylation sites is 2. The van der Waals surface area contributed by atoms with Gasteiger partial charge >= 0.3 is 0 Å². The van der Waals surface area contributed by atoms with Crippen molar-refractivity contribution in [2.24, 2.45) is 5.92 Å². The minimum atomic E-state index is -0.142. The second kappa shape index (κ2) is 11.4. The Labute approximate surface area is 222 Å². The van der Waals surface area contributed by atoms with E-state index >= 15 is 0 Å². The number of halogens is 1. The number of nitrogens with zero attached hydrogens (tertiary/aromatic N) is 1. The summed E-state index contributed by atoms with van der Waals surface area (Å²) < 4.78 is 6.15. The van der Waals surface area contributed by atoms with Crippen LogP contribution in [0.4, 0.5) is 5.69 Å². The SMILES string of the molecule is C[C@H]1CCCC[C@@H]1N1C(=O)/C(=C/c2ccccc2OCc2cccc(Cl)c2)SC1Nc1ccccc1. The largest absolute Gasteiger partial charge is 0.488 e. The van der Waals surface area contributed by atoms with Crippen molar-refractivity contribution in [3.05, 3.63) is 99.9 Å². The number of anilines is 1.